The number of hydrogen-bond acceptors (Lipinski definition) is 2. The molecule has 0 aromatic rings. The molecule has 0 aliphatic rings. The van der Waals surface area contributed by atoms with E-state index in [1.54, 1.807) is 0 Å². The van der Waals surface area contributed by atoms with E-state index in [2.05, 4.69) is 19.0 Å². The largest absolute Gasteiger partial charge is 0.320 e. The van der Waals surface area contributed by atoms with Crippen LogP contribution in [0.25, 0.3) is 0 Å². The van der Waals surface area contributed by atoms with Crippen LogP contribution >= 0.6 is 0 Å². The maximum absolute atomic E-state index is 5.50. The fourth-order valence-corrected chi connectivity index (χ4v) is 0. The Kier molecular flexibility index (Phi) is 35.1. The third-order valence-electron chi connectivity index (χ3n) is 0.354. The van der Waals surface area contributed by atoms with Gasteiger partial charge in [-0.05, 0) is 20.3 Å². The normalized spacial score (nSPS) is 5.67. The van der Waals surface area contributed by atoms with Crippen LogP contribution in [0.2, 0.25) is 0 Å². The molecule has 0 saturated heterocycles. The summed E-state index contributed by atoms with van der Waals surface area (Å²) in [6.07, 6.45) is 0. The Labute approximate surface area is 39.1 Å². The first-order valence-corrected chi connectivity index (χ1v) is 1.91. The molecule has 38 valence electrons. The number of rotatable bonds is 1. The molecule has 0 aliphatic heterocycles. The molecule has 0 aliphatic carbocycles. The van der Waals surface area contributed by atoms with E-state index in [1.807, 2.05) is 7.05 Å². The highest BCUT2D eigenvalue weighted by Gasteiger charge is 1.50. The van der Waals surface area contributed by atoms with E-state index in [4.69, 9.17) is 5.41 Å². The number of nitrogens with one attached hydrogen (secondary N) is 2. The molecule has 0 spiro atoms. The van der Waals surface area contributed by atoms with Crippen molar-refractivity contribution < 1.29 is 0 Å². The summed E-state index contributed by atoms with van der Waals surface area (Å²) in [5.74, 6) is 0. The standard InChI is InChI=1S/C3H9N.CH3N/c1-3-4-2;1-2/h4H,3H2,1-2H3;2H,1H2. The first-order chi connectivity index (χ1) is 2.91. The van der Waals surface area contributed by atoms with Crippen molar-refractivity contribution in [2.45, 2.75) is 6.92 Å². The summed E-state index contributed by atoms with van der Waals surface area (Å²) in [5.41, 5.74) is 0. The van der Waals surface area contributed by atoms with E-state index in [1.165, 1.54) is 0 Å². The zero-order valence-corrected chi connectivity index (χ0v) is 4.41. The first-order valence-electron chi connectivity index (χ1n) is 1.91. The van der Waals surface area contributed by atoms with Crippen LogP contribution in [0.5, 0.6) is 0 Å². The van der Waals surface area contributed by atoms with Gasteiger partial charge in [-0.1, -0.05) is 6.92 Å². The van der Waals surface area contributed by atoms with Gasteiger partial charge >= 0.3 is 0 Å². The Balaban J connectivity index is 0. The molecule has 2 nitrogen and oxygen atoms in total. The summed E-state index contributed by atoms with van der Waals surface area (Å²) in [7, 11) is 1.93. The third-order valence-corrected chi connectivity index (χ3v) is 0.354. The van der Waals surface area contributed by atoms with Gasteiger partial charge in [-0.3, -0.25) is 0 Å². The Morgan fingerprint density at radius 1 is 1.67 bits per heavy atom. The second-order valence-electron chi connectivity index (χ2n) is 0.707. The second-order valence-corrected chi connectivity index (χ2v) is 0.707. The molecule has 0 fully saturated rings. The molecule has 0 atom stereocenters. The van der Waals surface area contributed by atoms with Gasteiger partial charge in [-0.25, -0.2) is 0 Å². The molecular formula is C4H12N2. The Morgan fingerprint density at radius 3 is 1.83 bits per heavy atom. The molecule has 0 unspecified atom stereocenters. The minimum Gasteiger partial charge on any atom is -0.320 e. The number of hydrogen-bond donors (Lipinski definition) is 2. The average Bonchev–Trinajstić information content (AvgIpc) is 1.72. The maximum Gasteiger partial charge on any atom is -0.00804 e. The van der Waals surface area contributed by atoms with Crippen molar-refractivity contribution in [3.63, 3.8) is 0 Å². The molecule has 0 saturated carbocycles. The second kappa shape index (κ2) is 23.0. The highest BCUT2D eigenvalue weighted by molar-refractivity contribution is 5.15. The van der Waals surface area contributed by atoms with Crippen LogP contribution in [0.3, 0.4) is 0 Å². The molecule has 0 heterocycles. The molecule has 0 bridgehead atoms. The lowest BCUT2D eigenvalue weighted by Crippen LogP contribution is -2.01. The van der Waals surface area contributed by atoms with E-state index in [-0.39, 0.29) is 0 Å². The zero-order valence-electron chi connectivity index (χ0n) is 4.41. The summed E-state index contributed by atoms with van der Waals surface area (Å²) in [5, 5.41) is 8.43. The maximum atomic E-state index is 5.50. The van der Waals surface area contributed by atoms with Gasteiger partial charge in [0.1, 0.15) is 0 Å². The summed E-state index contributed by atoms with van der Waals surface area (Å²) < 4.78 is 0. The van der Waals surface area contributed by atoms with Crippen molar-refractivity contribution in [1.29, 1.82) is 5.41 Å². The van der Waals surface area contributed by atoms with Gasteiger partial charge in [-0.2, -0.15) is 0 Å². The fraction of sp³-hybridized carbons (Fsp3) is 0.750. The Bertz CT molecular complexity index is 13.0. The van der Waals surface area contributed by atoms with Crippen molar-refractivity contribution in [1.82, 2.24) is 5.32 Å². The highest BCUT2D eigenvalue weighted by atomic mass is 14.8. The van der Waals surface area contributed by atoms with Gasteiger partial charge in [0.05, 0.1) is 0 Å². The van der Waals surface area contributed by atoms with E-state index in [9.17, 15) is 0 Å². The van der Waals surface area contributed by atoms with Gasteiger partial charge in [0.2, 0.25) is 0 Å². The topological polar surface area (TPSA) is 35.9 Å². The van der Waals surface area contributed by atoms with E-state index in [0.29, 0.717) is 0 Å². The van der Waals surface area contributed by atoms with Crippen molar-refractivity contribution in [2.24, 2.45) is 0 Å². The summed E-state index contributed by atoms with van der Waals surface area (Å²) in [4.78, 5) is 0. The molecule has 0 aromatic carbocycles. The Morgan fingerprint density at radius 2 is 1.83 bits per heavy atom. The minimum absolute atomic E-state index is 1.07. The quantitative estimate of drug-likeness (QED) is 0.450. The Hall–Kier alpha value is -0.370. The molecule has 6 heavy (non-hydrogen) atoms. The molecule has 0 aromatic heterocycles. The van der Waals surface area contributed by atoms with Gasteiger partial charge in [0.15, 0.2) is 0 Å². The van der Waals surface area contributed by atoms with Crippen molar-refractivity contribution >= 4 is 6.72 Å². The van der Waals surface area contributed by atoms with E-state index in [0.717, 1.165) is 6.54 Å². The fourth-order valence-electron chi connectivity index (χ4n) is 0. The van der Waals surface area contributed by atoms with E-state index >= 15 is 0 Å². The molecule has 0 radical (unpaired) electrons. The van der Waals surface area contributed by atoms with Crippen LogP contribution in [0, 0.1) is 5.41 Å². The molecule has 2 N–H and O–H groups in total. The SMILES string of the molecule is C=N.CCNC. The van der Waals surface area contributed by atoms with Crippen molar-refractivity contribution in [3.8, 4) is 0 Å². The predicted molar refractivity (Wildman–Crippen MR) is 29.4 cm³/mol. The van der Waals surface area contributed by atoms with Gasteiger partial charge in [0.25, 0.3) is 0 Å². The summed E-state index contributed by atoms with van der Waals surface area (Å²) in [6, 6.07) is 0. The van der Waals surface area contributed by atoms with Crippen molar-refractivity contribution in [2.75, 3.05) is 13.6 Å². The lowest BCUT2D eigenvalue weighted by Gasteiger charge is -1.76. The summed E-state index contributed by atoms with van der Waals surface area (Å²) in [6.45, 7) is 5.64. The molecule has 0 rings (SSSR count). The van der Waals surface area contributed by atoms with Crippen LogP contribution < -0.4 is 5.32 Å². The van der Waals surface area contributed by atoms with Crippen LogP contribution in [0.15, 0.2) is 0 Å². The lowest BCUT2D eigenvalue weighted by molar-refractivity contribution is 0.864. The van der Waals surface area contributed by atoms with E-state index < -0.39 is 0 Å². The smallest absolute Gasteiger partial charge is 0.00804 e. The monoisotopic (exact) mass is 88.1 g/mol. The van der Waals surface area contributed by atoms with Crippen LogP contribution in [0.4, 0.5) is 0 Å². The zero-order chi connectivity index (χ0) is 5.41. The van der Waals surface area contributed by atoms with Crippen LogP contribution in [-0.2, 0) is 0 Å². The predicted octanol–water partition coefficient (Wildman–Crippen LogP) is 0.491. The molecule has 0 amide bonds. The average molecular weight is 88.2 g/mol. The lowest BCUT2D eigenvalue weighted by atomic mass is 10.8. The minimum atomic E-state index is 1.07. The summed E-state index contributed by atoms with van der Waals surface area (Å²) >= 11 is 0. The van der Waals surface area contributed by atoms with Gasteiger partial charge < -0.3 is 10.7 Å². The highest BCUT2D eigenvalue weighted by Crippen LogP contribution is 1.34. The van der Waals surface area contributed by atoms with Crippen LogP contribution in [0.1, 0.15) is 6.92 Å². The first kappa shape index (κ1) is 9.16. The van der Waals surface area contributed by atoms with Gasteiger partial charge in [0, 0.05) is 0 Å². The molecular weight excluding hydrogens is 76.1 g/mol. The van der Waals surface area contributed by atoms with Gasteiger partial charge in [-0.15, -0.1) is 0 Å². The van der Waals surface area contributed by atoms with Crippen LogP contribution in [-0.4, -0.2) is 20.3 Å². The van der Waals surface area contributed by atoms with Crippen molar-refractivity contribution in [3.05, 3.63) is 0 Å². The third kappa shape index (κ3) is 63.3. The molecule has 2 heteroatoms.